The van der Waals surface area contributed by atoms with E-state index in [1.807, 2.05) is 0 Å². The summed E-state index contributed by atoms with van der Waals surface area (Å²) in [5.74, 6) is 1.08. The first-order valence-corrected chi connectivity index (χ1v) is 10.4. The maximum atomic E-state index is 5.95. The minimum Gasteiger partial charge on any atom is -0.491 e. The van der Waals surface area contributed by atoms with Gasteiger partial charge in [0.1, 0.15) is 18.5 Å². The molecule has 0 bridgehead atoms. The van der Waals surface area contributed by atoms with Gasteiger partial charge in [0.15, 0.2) is 0 Å². The van der Waals surface area contributed by atoms with Crippen molar-refractivity contribution in [2.75, 3.05) is 13.2 Å². The Morgan fingerprint density at radius 1 is 1.33 bits per heavy atom. The zero-order chi connectivity index (χ0) is 13.2. The highest BCUT2D eigenvalue weighted by molar-refractivity contribution is 6.89. The predicted molar refractivity (Wildman–Crippen MR) is 78.7 cm³/mol. The van der Waals surface area contributed by atoms with Crippen LogP contribution in [0, 0.1) is 0 Å². The van der Waals surface area contributed by atoms with Crippen LogP contribution in [0.2, 0.25) is 19.6 Å². The van der Waals surface area contributed by atoms with Gasteiger partial charge >= 0.3 is 0 Å². The molecule has 3 heteroatoms. The molecule has 0 N–H and O–H groups in total. The van der Waals surface area contributed by atoms with Gasteiger partial charge < -0.3 is 9.47 Å². The van der Waals surface area contributed by atoms with E-state index in [0.717, 1.165) is 25.2 Å². The summed E-state index contributed by atoms with van der Waals surface area (Å²) >= 11 is 0. The molecule has 1 aliphatic heterocycles. The van der Waals surface area contributed by atoms with Crippen LogP contribution < -0.4 is 9.92 Å². The average Bonchev–Trinajstić information content (AvgIpc) is 3.10. The van der Waals surface area contributed by atoms with Crippen molar-refractivity contribution in [2.45, 2.75) is 45.5 Å². The van der Waals surface area contributed by atoms with Crippen LogP contribution in [0.25, 0.3) is 0 Å². The molecule has 1 atom stereocenters. The first-order chi connectivity index (χ1) is 8.52. The molecule has 100 valence electrons. The quantitative estimate of drug-likeness (QED) is 0.582. The molecule has 0 saturated carbocycles. The van der Waals surface area contributed by atoms with Gasteiger partial charge in [0, 0.05) is 0 Å². The van der Waals surface area contributed by atoms with E-state index in [9.17, 15) is 0 Å². The molecule has 1 aromatic rings. The first kappa shape index (κ1) is 13.6. The van der Waals surface area contributed by atoms with E-state index >= 15 is 0 Å². The van der Waals surface area contributed by atoms with E-state index in [0.29, 0.717) is 12.7 Å². The Bertz CT molecular complexity index is 405. The van der Waals surface area contributed by atoms with E-state index in [2.05, 4.69) is 44.8 Å². The highest BCUT2D eigenvalue weighted by Crippen LogP contribution is 2.22. The molecule has 1 aromatic carbocycles. The molecule has 1 saturated heterocycles. The summed E-state index contributed by atoms with van der Waals surface area (Å²) < 4.78 is 11.2. The van der Waals surface area contributed by atoms with Crippen LogP contribution in [0.5, 0.6) is 5.75 Å². The van der Waals surface area contributed by atoms with Gasteiger partial charge in [-0.2, -0.15) is 0 Å². The normalized spacial score (nSPS) is 18.8. The van der Waals surface area contributed by atoms with Crippen molar-refractivity contribution >= 4 is 13.3 Å². The molecule has 0 amide bonds. The summed E-state index contributed by atoms with van der Waals surface area (Å²) in [6.45, 7) is 11.0. The van der Waals surface area contributed by atoms with E-state index in [1.54, 1.807) is 5.19 Å². The van der Waals surface area contributed by atoms with Crippen molar-refractivity contribution in [3.05, 3.63) is 23.8 Å². The van der Waals surface area contributed by atoms with Gasteiger partial charge in [-0.15, -0.1) is 0 Å². The van der Waals surface area contributed by atoms with Gasteiger partial charge in [-0.1, -0.05) is 50.3 Å². The largest absolute Gasteiger partial charge is 0.491 e. The summed E-state index contributed by atoms with van der Waals surface area (Å²) in [5, 5.41) is 1.54. The predicted octanol–water partition coefficient (Wildman–Crippen LogP) is 2.96. The van der Waals surface area contributed by atoms with Crippen LogP contribution in [-0.4, -0.2) is 27.4 Å². The van der Waals surface area contributed by atoms with Crippen molar-refractivity contribution < 1.29 is 9.47 Å². The molecule has 0 aliphatic carbocycles. The summed E-state index contributed by atoms with van der Waals surface area (Å²) in [6, 6.07) is 6.53. The van der Waals surface area contributed by atoms with Gasteiger partial charge in [0.2, 0.25) is 0 Å². The van der Waals surface area contributed by atoms with Crippen LogP contribution >= 0.6 is 0 Å². The molecule has 2 rings (SSSR count). The van der Waals surface area contributed by atoms with Crippen molar-refractivity contribution in [1.82, 2.24) is 0 Å². The molecule has 2 nitrogen and oxygen atoms in total. The molecule has 1 fully saturated rings. The van der Waals surface area contributed by atoms with E-state index in [1.165, 1.54) is 5.56 Å². The van der Waals surface area contributed by atoms with Crippen LogP contribution in [0.15, 0.2) is 18.2 Å². The SMILES string of the molecule is CCCc1c(OCC2CO2)cccc1[Si](C)(C)C. The van der Waals surface area contributed by atoms with Gasteiger partial charge in [-0.05, 0) is 18.1 Å². The second-order valence-electron chi connectivity index (χ2n) is 6.05. The van der Waals surface area contributed by atoms with Crippen molar-refractivity contribution in [2.24, 2.45) is 0 Å². The Kier molecular flexibility index (Phi) is 4.13. The van der Waals surface area contributed by atoms with E-state index in [4.69, 9.17) is 9.47 Å². The van der Waals surface area contributed by atoms with Gasteiger partial charge in [0.25, 0.3) is 0 Å². The Morgan fingerprint density at radius 3 is 2.61 bits per heavy atom. The average molecular weight is 264 g/mol. The Morgan fingerprint density at radius 2 is 2.06 bits per heavy atom. The Balaban J connectivity index is 2.25. The maximum absolute atomic E-state index is 5.95. The summed E-state index contributed by atoms with van der Waals surface area (Å²) in [6.07, 6.45) is 2.61. The number of hydrogen-bond donors (Lipinski definition) is 0. The van der Waals surface area contributed by atoms with Crippen LogP contribution in [0.1, 0.15) is 18.9 Å². The monoisotopic (exact) mass is 264 g/mol. The van der Waals surface area contributed by atoms with Gasteiger partial charge in [-0.3, -0.25) is 0 Å². The zero-order valence-electron chi connectivity index (χ0n) is 12.0. The lowest BCUT2D eigenvalue weighted by Crippen LogP contribution is -2.40. The van der Waals surface area contributed by atoms with E-state index < -0.39 is 8.07 Å². The lowest BCUT2D eigenvalue weighted by atomic mass is 10.1. The van der Waals surface area contributed by atoms with Crippen LogP contribution in [0.4, 0.5) is 0 Å². The molecule has 0 aromatic heterocycles. The molecule has 0 radical (unpaired) electrons. The van der Waals surface area contributed by atoms with E-state index in [-0.39, 0.29) is 0 Å². The van der Waals surface area contributed by atoms with Gasteiger partial charge in [0.05, 0.1) is 14.7 Å². The molecule has 1 unspecified atom stereocenters. The zero-order valence-corrected chi connectivity index (χ0v) is 13.0. The summed E-state index contributed by atoms with van der Waals surface area (Å²) in [7, 11) is -1.30. The summed E-state index contributed by atoms with van der Waals surface area (Å²) in [4.78, 5) is 0. The molecular formula is C15H24O2Si. The number of hydrogen-bond acceptors (Lipinski definition) is 2. The Hall–Kier alpha value is -0.803. The number of ether oxygens (including phenoxy) is 2. The Labute approximate surface area is 111 Å². The second kappa shape index (κ2) is 5.45. The molecule has 1 aliphatic rings. The highest BCUT2D eigenvalue weighted by atomic mass is 28.3. The fourth-order valence-electron chi connectivity index (χ4n) is 2.26. The number of benzene rings is 1. The fraction of sp³-hybridized carbons (Fsp3) is 0.600. The maximum Gasteiger partial charge on any atom is 0.122 e. The van der Waals surface area contributed by atoms with Crippen LogP contribution in [0.3, 0.4) is 0 Å². The topological polar surface area (TPSA) is 21.8 Å². The molecule has 18 heavy (non-hydrogen) atoms. The second-order valence-corrected chi connectivity index (χ2v) is 11.1. The fourth-order valence-corrected chi connectivity index (χ4v) is 4.01. The minimum atomic E-state index is -1.30. The number of epoxide rings is 1. The smallest absolute Gasteiger partial charge is 0.122 e. The van der Waals surface area contributed by atoms with Crippen molar-refractivity contribution in [3.63, 3.8) is 0 Å². The first-order valence-electron chi connectivity index (χ1n) is 6.89. The lowest BCUT2D eigenvalue weighted by molar-refractivity contribution is 0.261. The van der Waals surface area contributed by atoms with Crippen LogP contribution in [-0.2, 0) is 11.2 Å². The third-order valence-electron chi connectivity index (χ3n) is 3.27. The molecule has 0 spiro atoms. The van der Waals surface area contributed by atoms with Crippen molar-refractivity contribution in [1.29, 1.82) is 0 Å². The minimum absolute atomic E-state index is 0.329. The molecular weight excluding hydrogens is 240 g/mol. The third kappa shape index (κ3) is 3.36. The van der Waals surface area contributed by atoms with Gasteiger partial charge in [-0.25, -0.2) is 0 Å². The van der Waals surface area contributed by atoms with Crippen molar-refractivity contribution in [3.8, 4) is 5.75 Å². The summed E-state index contributed by atoms with van der Waals surface area (Å²) in [5.41, 5.74) is 1.43. The molecule has 1 heterocycles. The number of rotatable bonds is 6. The third-order valence-corrected chi connectivity index (χ3v) is 5.35. The standard InChI is InChI=1S/C15H24O2Si/c1-5-7-13-14(17-11-12-10-16-12)8-6-9-15(13)18(2,3)4/h6,8-9,12H,5,7,10-11H2,1-4H3. The lowest BCUT2D eigenvalue weighted by Gasteiger charge is -2.23. The highest BCUT2D eigenvalue weighted by Gasteiger charge is 2.25.